The molecule has 0 radical (unpaired) electrons. The zero-order valence-electron chi connectivity index (χ0n) is 15.3. The minimum atomic E-state index is -0.345. The van der Waals surface area contributed by atoms with Crippen molar-refractivity contribution in [3.8, 4) is 11.5 Å². The van der Waals surface area contributed by atoms with Crippen LogP contribution in [-0.4, -0.2) is 19.2 Å². The molecule has 0 unspecified atom stereocenters. The number of carbonyl (C=O) groups excluding carboxylic acids is 1. The summed E-state index contributed by atoms with van der Waals surface area (Å²) in [4.78, 5) is 12.3. The third kappa shape index (κ3) is 5.20. The van der Waals surface area contributed by atoms with E-state index in [1.165, 1.54) is 7.11 Å². The van der Waals surface area contributed by atoms with Gasteiger partial charge in [0.05, 0.1) is 18.9 Å². The summed E-state index contributed by atoms with van der Waals surface area (Å²) in [5.41, 5.74) is 4.76. The van der Waals surface area contributed by atoms with Crippen LogP contribution in [0.3, 0.4) is 0 Å². The predicted molar refractivity (Wildman–Crippen MR) is 113 cm³/mol. The summed E-state index contributed by atoms with van der Waals surface area (Å²) in [5.74, 6) is 0.830. The van der Waals surface area contributed by atoms with Gasteiger partial charge in [0.15, 0.2) is 0 Å². The first-order chi connectivity index (χ1) is 13.7. The molecular weight excluding hydrogens is 420 g/mol. The highest BCUT2D eigenvalue weighted by Crippen LogP contribution is 2.19. The van der Waals surface area contributed by atoms with Crippen LogP contribution in [0.5, 0.6) is 11.5 Å². The number of carbonyl (C=O) groups is 1. The lowest BCUT2D eigenvalue weighted by atomic mass is 10.2. The molecule has 0 aromatic heterocycles. The molecule has 0 aliphatic carbocycles. The van der Waals surface area contributed by atoms with Crippen LogP contribution < -0.4 is 14.9 Å². The number of nitrogens with one attached hydrogen (secondary N) is 1. The Bertz CT molecular complexity index is 972. The molecule has 0 spiro atoms. The smallest absolute Gasteiger partial charge is 0.275 e. The van der Waals surface area contributed by atoms with Crippen molar-refractivity contribution in [1.29, 1.82) is 0 Å². The quantitative estimate of drug-likeness (QED) is 0.425. The van der Waals surface area contributed by atoms with E-state index in [2.05, 4.69) is 26.5 Å². The second kappa shape index (κ2) is 9.71. The van der Waals surface area contributed by atoms with Crippen LogP contribution in [0.1, 0.15) is 21.5 Å². The van der Waals surface area contributed by atoms with E-state index in [9.17, 15) is 4.79 Å². The van der Waals surface area contributed by atoms with Gasteiger partial charge in [-0.3, -0.25) is 4.79 Å². The molecule has 0 saturated carbocycles. The summed E-state index contributed by atoms with van der Waals surface area (Å²) in [6, 6.07) is 22.4. The lowest BCUT2D eigenvalue weighted by Gasteiger charge is -2.09. The van der Waals surface area contributed by atoms with Gasteiger partial charge in [-0.15, -0.1) is 0 Å². The third-order valence-corrected chi connectivity index (χ3v) is 4.48. The molecule has 28 heavy (non-hydrogen) atoms. The Kier molecular flexibility index (Phi) is 6.81. The van der Waals surface area contributed by atoms with E-state index < -0.39 is 0 Å². The number of nitrogens with zero attached hydrogens (tertiary/aromatic N) is 1. The maximum Gasteiger partial charge on any atom is 0.275 e. The lowest BCUT2D eigenvalue weighted by Crippen LogP contribution is -2.18. The molecule has 5 nitrogen and oxygen atoms in total. The largest absolute Gasteiger partial charge is 0.496 e. The Morgan fingerprint density at radius 2 is 1.68 bits per heavy atom. The molecule has 3 aromatic rings. The fraction of sp³-hybridized carbons (Fsp3) is 0.0909. The summed E-state index contributed by atoms with van der Waals surface area (Å²) < 4.78 is 12.1. The normalized spacial score (nSPS) is 10.6. The second-order valence-corrected chi connectivity index (χ2v) is 6.77. The fourth-order valence-corrected chi connectivity index (χ4v) is 2.78. The van der Waals surface area contributed by atoms with Crippen molar-refractivity contribution in [2.24, 2.45) is 5.10 Å². The molecule has 0 heterocycles. The Morgan fingerprint density at radius 1 is 1.00 bits per heavy atom. The molecule has 0 fully saturated rings. The number of halogens is 1. The van der Waals surface area contributed by atoms with Gasteiger partial charge in [-0.25, -0.2) is 5.43 Å². The summed E-state index contributed by atoms with van der Waals surface area (Å²) in [7, 11) is 1.52. The number of hydrazone groups is 1. The first-order valence-corrected chi connectivity index (χ1v) is 9.39. The van der Waals surface area contributed by atoms with Gasteiger partial charge in [0.2, 0.25) is 0 Å². The number of ether oxygens (including phenoxy) is 2. The van der Waals surface area contributed by atoms with E-state index in [1.54, 1.807) is 30.5 Å². The van der Waals surface area contributed by atoms with E-state index >= 15 is 0 Å². The number of hydrogen-bond donors (Lipinski definition) is 1. The Balaban J connectivity index is 1.65. The van der Waals surface area contributed by atoms with E-state index in [4.69, 9.17) is 9.47 Å². The average molecular weight is 439 g/mol. The molecule has 1 amide bonds. The number of benzene rings is 3. The van der Waals surface area contributed by atoms with Gasteiger partial charge in [-0.05, 0) is 42.0 Å². The first-order valence-electron chi connectivity index (χ1n) is 8.60. The highest BCUT2D eigenvalue weighted by Gasteiger charge is 2.10. The van der Waals surface area contributed by atoms with E-state index in [1.807, 2.05) is 48.5 Å². The number of amides is 1. The van der Waals surface area contributed by atoms with Crippen LogP contribution in [0.4, 0.5) is 0 Å². The summed E-state index contributed by atoms with van der Waals surface area (Å²) in [6.45, 7) is 0.436. The van der Waals surface area contributed by atoms with Crippen molar-refractivity contribution in [1.82, 2.24) is 5.43 Å². The van der Waals surface area contributed by atoms with Crippen molar-refractivity contribution in [2.75, 3.05) is 7.11 Å². The zero-order chi connectivity index (χ0) is 19.8. The highest BCUT2D eigenvalue weighted by atomic mass is 79.9. The summed E-state index contributed by atoms with van der Waals surface area (Å²) in [5, 5.41) is 4.05. The van der Waals surface area contributed by atoms with Crippen LogP contribution in [0.2, 0.25) is 0 Å². The second-order valence-electron chi connectivity index (χ2n) is 5.85. The third-order valence-electron chi connectivity index (χ3n) is 3.95. The van der Waals surface area contributed by atoms with Gasteiger partial charge in [0.25, 0.3) is 5.91 Å². The number of para-hydroxylation sites is 2. The molecule has 0 atom stereocenters. The maximum absolute atomic E-state index is 12.3. The fourth-order valence-electron chi connectivity index (χ4n) is 2.51. The lowest BCUT2D eigenvalue weighted by molar-refractivity contribution is 0.0952. The Hall–Kier alpha value is -3.12. The zero-order valence-corrected chi connectivity index (χ0v) is 16.8. The number of hydrogen-bond acceptors (Lipinski definition) is 4. The Morgan fingerprint density at radius 3 is 2.43 bits per heavy atom. The van der Waals surface area contributed by atoms with Crippen LogP contribution in [-0.2, 0) is 6.61 Å². The predicted octanol–water partition coefficient (Wildman–Crippen LogP) is 4.80. The van der Waals surface area contributed by atoms with Crippen molar-refractivity contribution >= 4 is 28.1 Å². The topological polar surface area (TPSA) is 59.9 Å². The van der Waals surface area contributed by atoms with Crippen LogP contribution >= 0.6 is 15.9 Å². The van der Waals surface area contributed by atoms with Crippen LogP contribution in [0, 0.1) is 0 Å². The molecule has 1 N–H and O–H groups in total. The molecule has 0 aliphatic heterocycles. The number of methoxy groups -OCH3 is 1. The van der Waals surface area contributed by atoms with Crippen molar-refractivity contribution < 1.29 is 14.3 Å². The van der Waals surface area contributed by atoms with E-state index in [0.29, 0.717) is 23.7 Å². The van der Waals surface area contributed by atoms with Crippen LogP contribution in [0.15, 0.2) is 82.4 Å². The first kappa shape index (κ1) is 19.6. The highest BCUT2D eigenvalue weighted by molar-refractivity contribution is 9.10. The summed E-state index contributed by atoms with van der Waals surface area (Å²) >= 11 is 3.42. The van der Waals surface area contributed by atoms with Crippen LogP contribution in [0.25, 0.3) is 0 Å². The van der Waals surface area contributed by atoms with Crippen molar-refractivity contribution in [3.63, 3.8) is 0 Å². The average Bonchev–Trinajstić information content (AvgIpc) is 2.74. The van der Waals surface area contributed by atoms with Gasteiger partial charge >= 0.3 is 0 Å². The van der Waals surface area contributed by atoms with Crippen molar-refractivity contribution in [3.05, 3.63) is 94.0 Å². The molecule has 3 rings (SSSR count). The maximum atomic E-state index is 12.3. The van der Waals surface area contributed by atoms with Crippen molar-refractivity contribution in [2.45, 2.75) is 6.61 Å². The van der Waals surface area contributed by atoms with Gasteiger partial charge < -0.3 is 9.47 Å². The molecule has 0 bridgehead atoms. The number of rotatable bonds is 7. The standard InChI is InChI=1S/C22H19BrN2O3/c1-27-21-9-5-3-7-19(21)22(26)25-24-14-17-6-2-4-8-20(17)28-15-16-10-12-18(23)13-11-16/h2-14H,15H2,1H3,(H,25,26)/b24-14+. The molecule has 3 aromatic carbocycles. The molecule has 0 aliphatic rings. The SMILES string of the molecule is COc1ccccc1C(=O)N/N=C/c1ccccc1OCc1ccc(Br)cc1. The van der Waals surface area contributed by atoms with Gasteiger partial charge in [-0.1, -0.05) is 52.3 Å². The van der Waals surface area contributed by atoms with Gasteiger partial charge in [0.1, 0.15) is 18.1 Å². The Labute approximate surface area is 172 Å². The van der Waals surface area contributed by atoms with Gasteiger partial charge in [0, 0.05) is 10.0 Å². The van der Waals surface area contributed by atoms with E-state index in [-0.39, 0.29) is 5.91 Å². The molecular formula is C22H19BrN2O3. The minimum Gasteiger partial charge on any atom is -0.496 e. The molecule has 0 saturated heterocycles. The van der Waals surface area contributed by atoms with E-state index in [0.717, 1.165) is 15.6 Å². The summed E-state index contributed by atoms with van der Waals surface area (Å²) in [6.07, 6.45) is 1.56. The minimum absolute atomic E-state index is 0.345. The monoisotopic (exact) mass is 438 g/mol. The molecule has 6 heteroatoms. The molecule has 142 valence electrons. The van der Waals surface area contributed by atoms with Gasteiger partial charge in [-0.2, -0.15) is 5.10 Å².